The molecule has 1 N–H and O–H groups in total. The molecule has 1 amide bonds. The van der Waals surface area contributed by atoms with Gasteiger partial charge in [0, 0.05) is 11.6 Å². The maximum Gasteiger partial charge on any atom is 0.230 e. The Morgan fingerprint density at radius 3 is 2.73 bits per heavy atom. The van der Waals surface area contributed by atoms with Crippen molar-refractivity contribution in [2.75, 3.05) is 12.9 Å². The molecule has 0 spiro atoms. The normalized spacial score (nSPS) is 10.9. The lowest BCUT2D eigenvalue weighted by molar-refractivity contribution is -0.118. The van der Waals surface area contributed by atoms with Gasteiger partial charge in [-0.3, -0.25) is 4.79 Å². The molecular formula is C20H17ClN6O2S. The van der Waals surface area contributed by atoms with E-state index in [1.54, 1.807) is 17.9 Å². The molecule has 152 valence electrons. The van der Waals surface area contributed by atoms with Crippen LogP contribution in [-0.2, 0) is 11.3 Å². The SMILES string of the molecule is COc1ccc(-n2nnc3c(SCC(=O)NCc4ccccc4Cl)ncnc32)cc1. The number of aromatic nitrogens is 5. The molecule has 2 aromatic heterocycles. The Balaban J connectivity index is 1.45. The highest BCUT2D eigenvalue weighted by atomic mass is 35.5. The number of nitrogens with one attached hydrogen (secondary N) is 1. The molecule has 0 aliphatic heterocycles. The third-order valence-electron chi connectivity index (χ3n) is 4.29. The van der Waals surface area contributed by atoms with Crippen molar-refractivity contribution in [3.8, 4) is 11.4 Å². The van der Waals surface area contributed by atoms with E-state index in [9.17, 15) is 4.79 Å². The number of thioether (sulfide) groups is 1. The van der Waals surface area contributed by atoms with Crippen LogP contribution in [-0.4, -0.2) is 43.7 Å². The standard InChI is InChI=1S/C20H17ClN6O2S/c1-29-15-8-6-14(7-9-15)27-19-18(25-26-27)20(24-12-23-19)30-11-17(28)22-10-13-4-2-3-5-16(13)21/h2-9,12H,10-11H2,1H3,(H,22,28). The Morgan fingerprint density at radius 1 is 1.17 bits per heavy atom. The van der Waals surface area contributed by atoms with Crippen LogP contribution >= 0.6 is 23.4 Å². The summed E-state index contributed by atoms with van der Waals surface area (Å²) in [7, 11) is 1.61. The average molecular weight is 441 g/mol. The Kier molecular flexibility index (Phi) is 6.10. The second-order valence-electron chi connectivity index (χ2n) is 6.21. The van der Waals surface area contributed by atoms with Crippen LogP contribution in [0.4, 0.5) is 0 Å². The molecule has 2 aromatic carbocycles. The first kappa shape index (κ1) is 20.1. The molecule has 4 aromatic rings. The molecule has 4 rings (SSSR count). The van der Waals surface area contributed by atoms with Crippen molar-refractivity contribution in [3.05, 3.63) is 65.4 Å². The van der Waals surface area contributed by atoms with Gasteiger partial charge >= 0.3 is 0 Å². The van der Waals surface area contributed by atoms with Gasteiger partial charge in [0.2, 0.25) is 5.91 Å². The van der Waals surface area contributed by atoms with E-state index in [1.165, 1.54) is 18.1 Å². The van der Waals surface area contributed by atoms with Crippen molar-refractivity contribution in [1.82, 2.24) is 30.3 Å². The van der Waals surface area contributed by atoms with Gasteiger partial charge in [-0.05, 0) is 35.9 Å². The van der Waals surface area contributed by atoms with Crippen LogP contribution in [0.3, 0.4) is 0 Å². The van der Waals surface area contributed by atoms with Gasteiger partial charge in [-0.1, -0.05) is 46.8 Å². The summed E-state index contributed by atoms with van der Waals surface area (Å²) in [5.74, 6) is 0.803. The van der Waals surface area contributed by atoms with E-state index in [0.29, 0.717) is 27.8 Å². The summed E-state index contributed by atoms with van der Waals surface area (Å²) in [6.07, 6.45) is 1.44. The van der Waals surface area contributed by atoms with E-state index in [4.69, 9.17) is 16.3 Å². The van der Waals surface area contributed by atoms with Gasteiger partial charge < -0.3 is 10.1 Å². The smallest absolute Gasteiger partial charge is 0.230 e. The Morgan fingerprint density at radius 2 is 1.97 bits per heavy atom. The molecule has 0 saturated carbocycles. The Bertz CT molecular complexity index is 1180. The minimum Gasteiger partial charge on any atom is -0.497 e. The number of methoxy groups -OCH3 is 1. The molecule has 0 saturated heterocycles. The predicted octanol–water partition coefficient (Wildman–Crippen LogP) is 3.28. The van der Waals surface area contributed by atoms with E-state index in [2.05, 4.69) is 25.6 Å². The minimum atomic E-state index is -0.130. The average Bonchev–Trinajstić information content (AvgIpc) is 3.22. The summed E-state index contributed by atoms with van der Waals surface area (Å²) >= 11 is 7.40. The maximum absolute atomic E-state index is 12.3. The third kappa shape index (κ3) is 4.37. The highest BCUT2D eigenvalue weighted by molar-refractivity contribution is 8.00. The first-order valence-corrected chi connectivity index (χ1v) is 10.4. The third-order valence-corrected chi connectivity index (χ3v) is 5.64. The van der Waals surface area contributed by atoms with Crippen molar-refractivity contribution < 1.29 is 9.53 Å². The van der Waals surface area contributed by atoms with Crippen molar-refractivity contribution in [2.24, 2.45) is 0 Å². The number of carbonyl (C=O) groups excluding carboxylic acids is 1. The van der Waals surface area contributed by atoms with Crippen molar-refractivity contribution in [1.29, 1.82) is 0 Å². The van der Waals surface area contributed by atoms with Gasteiger partial charge in [-0.2, -0.15) is 4.68 Å². The van der Waals surface area contributed by atoms with Crippen molar-refractivity contribution in [2.45, 2.75) is 11.6 Å². The van der Waals surface area contributed by atoms with Gasteiger partial charge in [0.15, 0.2) is 11.2 Å². The molecule has 30 heavy (non-hydrogen) atoms. The van der Waals surface area contributed by atoms with E-state index < -0.39 is 0 Å². The molecule has 0 fully saturated rings. The zero-order chi connectivity index (χ0) is 20.9. The Hall–Kier alpha value is -3.17. The highest BCUT2D eigenvalue weighted by Crippen LogP contribution is 2.24. The van der Waals surface area contributed by atoms with E-state index in [-0.39, 0.29) is 11.7 Å². The number of halogens is 1. The number of benzene rings is 2. The second kappa shape index (κ2) is 9.10. The maximum atomic E-state index is 12.3. The Labute approximate surface area is 181 Å². The van der Waals surface area contributed by atoms with Crippen LogP contribution in [0.1, 0.15) is 5.56 Å². The topological polar surface area (TPSA) is 94.8 Å². The number of ether oxygens (including phenoxy) is 1. The fourth-order valence-electron chi connectivity index (χ4n) is 2.75. The minimum absolute atomic E-state index is 0.130. The fourth-order valence-corrected chi connectivity index (χ4v) is 3.71. The van der Waals surface area contributed by atoms with Crippen LogP contribution in [0.2, 0.25) is 5.02 Å². The number of fused-ring (bicyclic) bond motifs is 1. The van der Waals surface area contributed by atoms with Crippen LogP contribution < -0.4 is 10.1 Å². The first-order valence-electron chi connectivity index (χ1n) is 8.99. The number of hydrogen-bond acceptors (Lipinski definition) is 7. The number of carbonyl (C=O) groups is 1. The molecule has 0 atom stereocenters. The molecule has 2 heterocycles. The zero-order valence-electron chi connectivity index (χ0n) is 15.9. The van der Waals surface area contributed by atoms with Crippen LogP contribution in [0.5, 0.6) is 5.75 Å². The number of amides is 1. The van der Waals surface area contributed by atoms with Gasteiger partial charge in [-0.15, -0.1) is 5.10 Å². The van der Waals surface area contributed by atoms with E-state index >= 15 is 0 Å². The van der Waals surface area contributed by atoms with Crippen molar-refractivity contribution >= 4 is 40.4 Å². The second-order valence-corrected chi connectivity index (χ2v) is 7.58. The van der Waals surface area contributed by atoms with Crippen LogP contribution in [0.25, 0.3) is 16.9 Å². The summed E-state index contributed by atoms with van der Waals surface area (Å²) < 4.78 is 6.81. The lowest BCUT2D eigenvalue weighted by Gasteiger charge is -2.07. The van der Waals surface area contributed by atoms with Gasteiger partial charge in [-0.25, -0.2) is 9.97 Å². The first-order chi connectivity index (χ1) is 14.7. The van der Waals surface area contributed by atoms with Crippen molar-refractivity contribution in [3.63, 3.8) is 0 Å². The molecule has 8 nitrogen and oxygen atoms in total. The van der Waals surface area contributed by atoms with Gasteiger partial charge in [0.25, 0.3) is 0 Å². The molecule has 10 heteroatoms. The number of nitrogens with zero attached hydrogens (tertiary/aromatic N) is 5. The quantitative estimate of drug-likeness (QED) is 0.348. The molecule has 0 bridgehead atoms. The van der Waals surface area contributed by atoms with E-state index in [0.717, 1.165) is 17.0 Å². The fraction of sp³-hybridized carbons (Fsp3) is 0.150. The largest absolute Gasteiger partial charge is 0.497 e. The molecule has 0 aliphatic rings. The summed E-state index contributed by atoms with van der Waals surface area (Å²) in [6.45, 7) is 0.367. The van der Waals surface area contributed by atoms with Crippen LogP contribution in [0, 0.1) is 0 Å². The summed E-state index contributed by atoms with van der Waals surface area (Å²) in [4.78, 5) is 20.8. The van der Waals surface area contributed by atoms with E-state index in [1.807, 2.05) is 42.5 Å². The van der Waals surface area contributed by atoms with Crippen LogP contribution in [0.15, 0.2) is 59.9 Å². The summed E-state index contributed by atoms with van der Waals surface area (Å²) in [6, 6.07) is 14.8. The molecule has 0 unspecified atom stereocenters. The number of hydrogen-bond donors (Lipinski definition) is 1. The molecule has 0 radical (unpaired) electrons. The lowest BCUT2D eigenvalue weighted by atomic mass is 10.2. The summed E-state index contributed by atoms with van der Waals surface area (Å²) in [5.41, 5.74) is 2.76. The lowest BCUT2D eigenvalue weighted by Crippen LogP contribution is -2.24. The molecular weight excluding hydrogens is 424 g/mol. The molecule has 0 aliphatic carbocycles. The highest BCUT2D eigenvalue weighted by Gasteiger charge is 2.15. The summed E-state index contributed by atoms with van der Waals surface area (Å²) in [5, 5.41) is 12.5. The number of rotatable bonds is 7. The van der Waals surface area contributed by atoms with Gasteiger partial charge in [0.05, 0.1) is 18.6 Å². The monoisotopic (exact) mass is 440 g/mol. The zero-order valence-corrected chi connectivity index (χ0v) is 17.5. The van der Waals surface area contributed by atoms with Gasteiger partial charge in [0.1, 0.15) is 17.1 Å². The predicted molar refractivity (Wildman–Crippen MR) is 115 cm³/mol.